The number of rotatable bonds is 1. The van der Waals surface area contributed by atoms with E-state index in [1.807, 2.05) is 0 Å². The van der Waals surface area contributed by atoms with Crippen LogP contribution in [0.4, 0.5) is 13.2 Å². The zero-order valence-corrected chi connectivity index (χ0v) is 8.94. The summed E-state index contributed by atoms with van der Waals surface area (Å²) in [6.45, 7) is 0. The van der Waals surface area contributed by atoms with E-state index < -0.39 is 11.7 Å². The normalized spacial score (nSPS) is 11.0. The van der Waals surface area contributed by atoms with Gasteiger partial charge in [0.1, 0.15) is 11.8 Å². The highest BCUT2D eigenvalue weighted by Crippen LogP contribution is 2.31. The molecular formula is C12H6F3N3. The molecule has 2 aromatic heterocycles. The van der Waals surface area contributed by atoms with Crippen LogP contribution in [0.15, 0.2) is 36.5 Å². The number of hydrogen-bond acceptors (Lipinski definition) is 3. The molecule has 0 aliphatic rings. The van der Waals surface area contributed by atoms with Gasteiger partial charge in [0.2, 0.25) is 0 Å². The van der Waals surface area contributed by atoms with Crippen LogP contribution in [-0.4, -0.2) is 9.97 Å². The topological polar surface area (TPSA) is 49.6 Å². The van der Waals surface area contributed by atoms with E-state index in [4.69, 9.17) is 5.26 Å². The minimum Gasteiger partial charge on any atom is -0.255 e. The highest BCUT2D eigenvalue weighted by Gasteiger charge is 2.31. The van der Waals surface area contributed by atoms with Crippen LogP contribution in [0.2, 0.25) is 0 Å². The van der Waals surface area contributed by atoms with Crippen molar-refractivity contribution >= 4 is 0 Å². The third kappa shape index (κ3) is 2.46. The second-order valence-corrected chi connectivity index (χ2v) is 3.45. The summed E-state index contributed by atoms with van der Waals surface area (Å²) in [5, 5.41) is 8.70. The van der Waals surface area contributed by atoms with E-state index in [0.717, 1.165) is 6.07 Å². The fraction of sp³-hybridized carbons (Fsp3) is 0.0833. The predicted molar refractivity (Wildman–Crippen MR) is 57.2 cm³/mol. The highest BCUT2D eigenvalue weighted by molar-refractivity contribution is 5.56. The molecule has 0 saturated heterocycles. The smallest absolute Gasteiger partial charge is 0.255 e. The van der Waals surface area contributed by atoms with Crippen LogP contribution in [0.25, 0.3) is 11.4 Å². The van der Waals surface area contributed by atoms with Gasteiger partial charge in [-0.1, -0.05) is 6.07 Å². The van der Waals surface area contributed by atoms with Crippen LogP contribution in [0.5, 0.6) is 0 Å². The summed E-state index contributed by atoms with van der Waals surface area (Å²) in [7, 11) is 0. The minimum atomic E-state index is -4.52. The molecular weight excluding hydrogens is 243 g/mol. The van der Waals surface area contributed by atoms with E-state index in [1.165, 1.54) is 12.3 Å². The van der Waals surface area contributed by atoms with Gasteiger partial charge in [0.15, 0.2) is 0 Å². The summed E-state index contributed by atoms with van der Waals surface area (Å²) in [6, 6.07) is 8.01. The van der Waals surface area contributed by atoms with Crippen molar-refractivity contribution in [2.45, 2.75) is 6.18 Å². The van der Waals surface area contributed by atoms with Crippen molar-refractivity contribution in [3.05, 3.63) is 47.8 Å². The number of nitriles is 1. The number of nitrogens with zero attached hydrogens (tertiary/aromatic N) is 3. The van der Waals surface area contributed by atoms with Crippen LogP contribution < -0.4 is 0 Å². The molecule has 2 aromatic rings. The molecule has 0 aromatic carbocycles. The van der Waals surface area contributed by atoms with Crippen molar-refractivity contribution in [3.63, 3.8) is 0 Å². The number of halogens is 3. The van der Waals surface area contributed by atoms with Gasteiger partial charge >= 0.3 is 6.18 Å². The summed E-state index contributed by atoms with van der Waals surface area (Å²) < 4.78 is 37.9. The van der Waals surface area contributed by atoms with Crippen LogP contribution in [0.1, 0.15) is 11.3 Å². The van der Waals surface area contributed by atoms with Crippen LogP contribution in [0.3, 0.4) is 0 Å². The number of alkyl halides is 3. The standard InChI is InChI=1S/C12H6F3N3/c13-12(14,15)8-5-9(7-16)18-11(6-8)10-3-1-2-4-17-10/h1-6H. The van der Waals surface area contributed by atoms with Gasteiger partial charge in [-0.15, -0.1) is 0 Å². The van der Waals surface area contributed by atoms with E-state index in [1.54, 1.807) is 18.2 Å². The fourth-order valence-corrected chi connectivity index (χ4v) is 1.40. The van der Waals surface area contributed by atoms with Gasteiger partial charge < -0.3 is 0 Å². The lowest BCUT2D eigenvalue weighted by Crippen LogP contribution is -2.07. The quantitative estimate of drug-likeness (QED) is 0.780. The molecule has 0 unspecified atom stereocenters. The molecule has 0 aliphatic carbocycles. The van der Waals surface area contributed by atoms with Crippen LogP contribution in [0, 0.1) is 11.3 Å². The molecule has 0 spiro atoms. The van der Waals surface area contributed by atoms with Crippen molar-refractivity contribution in [1.29, 1.82) is 5.26 Å². The predicted octanol–water partition coefficient (Wildman–Crippen LogP) is 3.03. The number of hydrogen-bond donors (Lipinski definition) is 0. The lowest BCUT2D eigenvalue weighted by atomic mass is 10.1. The Hall–Kier alpha value is -2.42. The van der Waals surface area contributed by atoms with Crippen LogP contribution >= 0.6 is 0 Å². The zero-order chi connectivity index (χ0) is 13.2. The fourth-order valence-electron chi connectivity index (χ4n) is 1.40. The summed E-state index contributed by atoms with van der Waals surface area (Å²) in [6.07, 6.45) is -3.07. The van der Waals surface area contributed by atoms with Gasteiger partial charge in [-0.25, -0.2) is 4.98 Å². The average Bonchev–Trinajstić information content (AvgIpc) is 2.38. The molecule has 0 atom stereocenters. The molecule has 18 heavy (non-hydrogen) atoms. The molecule has 0 aliphatic heterocycles. The van der Waals surface area contributed by atoms with Crippen molar-refractivity contribution in [2.24, 2.45) is 0 Å². The average molecular weight is 249 g/mol. The first-order valence-corrected chi connectivity index (χ1v) is 4.91. The monoisotopic (exact) mass is 249 g/mol. The molecule has 0 N–H and O–H groups in total. The van der Waals surface area contributed by atoms with Gasteiger partial charge in [0, 0.05) is 6.20 Å². The Morgan fingerprint density at radius 2 is 1.89 bits per heavy atom. The van der Waals surface area contributed by atoms with E-state index in [2.05, 4.69) is 9.97 Å². The first-order chi connectivity index (χ1) is 8.50. The molecule has 0 amide bonds. The summed E-state index contributed by atoms with van der Waals surface area (Å²) in [5.74, 6) is 0. The van der Waals surface area contributed by atoms with E-state index in [9.17, 15) is 13.2 Å². The van der Waals surface area contributed by atoms with Gasteiger partial charge in [0.25, 0.3) is 0 Å². The first kappa shape index (κ1) is 12.0. The Labute approximate surface area is 101 Å². The lowest BCUT2D eigenvalue weighted by molar-refractivity contribution is -0.137. The van der Waals surface area contributed by atoms with Gasteiger partial charge in [0.05, 0.1) is 17.0 Å². The molecule has 2 heterocycles. The second-order valence-electron chi connectivity index (χ2n) is 3.45. The highest BCUT2D eigenvalue weighted by atomic mass is 19.4. The Morgan fingerprint density at radius 3 is 2.44 bits per heavy atom. The molecule has 90 valence electrons. The SMILES string of the molecule is N#Cc1cc(C(F)(F)F)cc(-c2ccccn2)n1. The first-order valence-electron chi connectivity index (χ1n) is 4.91. The van der Waals surface area contributed by atoms with Gasteiger partial charge in [-0.2, -0.15) is 18.4 Å². The van der Waals surface area contributed by atoms with E-state index in [0.29, 0.717) is 11.8 Å². The van der Waals surface area contributed by atoms with Crippen molar-refractivity contribution < 1.29 is 13.2 Å². The Bertz CT molecular complexity index is 600. The maximum Gasteiger partial charge on any atom is 0.416 e. The molecule has 0 radical (unpaired) electrons. The maximum atomic E-state index is 12.6. The molecule has 0 fully saturated rings. The van der Waals surface area contributed by atoms with Crippen molar-refractivity contribution in [2.75, 3.05) is 0 Å². The lowest BCUT2D eigenvalue weighted by Gasteiger charge is -2.08. The Balaban J connectivity index is 2.60. The third-order valence-electron chi connectivity index (χ3n) is 2.19. The third-order valence-corrected chi connectivity index (χ3v) is 2.19. The Morgan fingerprint density at radius 1 is 1.11 bits per heavy atom. The van der Waals surface area contributed by atoms with E-state index in [-0.39, 0.29) is 11.4 Å². The summed E-state index contributed by atoms with van der Waals surface area (Å²) in [5.41, 5.74) is -0.873. The maximum absolute atomic E-state index is 12.6. The second kappa shape index (κ2) is 4.45. The van der Waals surface area contributed by atoms with Crippen molar-refractivity contribution in [3.8, 4) is 17.5 Å². The molecule has 3 nitrogen and oxygen atoms in total. The van der Waals surface area contributed by atoms with E-state index >= 15 is 0 Å². The minimum absolute atomic E-state index is 0.0296. The number of aromatic nitrogens is 2. The Kier molecular flexibility index (Phi) is 2.98. The van der Waals surface area contributed by atoms with Gasteiger partial charge in [-0.05, 0) is 24.3 Å². The molecule has 2 rings (SSSR count). The summed E-state index contributed by atoms with van der Waals surface area (Å²) in [4.78, 5) is 7.72. The molecule has 0 bridgehead atoms. The van der Waals surface area contributed by atoms with Crippen molar-refractivity contribution in [1.82, 2.24) is 9.97 Å². The molecule has 0 saturated carbocycles. The number of pyridine rings is 2. The zero-order valence-electron chi connectivity index (χ0n) is 8.94. The summed E-state index contributed by atoms with van der Waals surface area (Å²) >= 11 is 0. The van der Waals surface area contributed by atoms with Crippen LogP contribution in [-0.2, 0) is 6.18 Å². The largest absolute Gasteiger partial charge is 0.416 e. The van der Waals surface area contributed by atoms with Gasteiger partial charge in [-0.3, -0.25) is 4.98 Å². The molecule has 6 heteroatoms.